The first-order valence-electron chi connectivity index (χ1n) is 7.48. The van der Waals surface area contributed by atoms with Crippen LogP contribution in [0.5, 0.6) is 0 Å². The van der Waals surface area contributed by atoms with Crippen LogP contribution in [0.25, 0.3) is 0 Å². The van der Waals surface area contributed by atoms with Crippen LogP contribution in [0, 0.1) is 13.8 Å². The monoisotopic (exact) mass is 322 g/mol. The summed E-state index contributed by atoms with van der Waals surface area (Å²) in [6.07, 6.45) is 0. The normalized spacial score (nSPS) is 11.7. The fourth-order valence-electron chi connectivity index (χ4n) is 2.28. The van der Waals surface area contributed by atoms with Gasteiger partial charge in [0.15, 0.2) is 10.6 Å². The van der Waals surface area contributed by atoms with Crippen LogP contribution < -0.4 is 4.80 Å². The Morgan fingerprint density at radius 3 is 2.43 bits per heavy atom. The standard InChI is InChI=1S/C19H18N2OS/c1-14-8-10-16(11-9-14)18(22)12-21-15(2)13-23-19(21)20-17-6-4-3-5-7-17/h3-11,13H,12H2,1-2H3. The van der Waals surface area contributed by atoms with E-state index in [1.807, 2.05) is 78.4 Å². The number of rotatable bonds is 4. The molecule has 23 heavy (non-hydrogen) atoms. The van der Waals surface area contributed by atoms with E-state index in [0.29, 0.717) is 6.54 Å². The van der Waals surface area contributed by atoms with Crippen LogP contribution in [0.4, 0.5) is 5.69 Å². The minimum atomic E-state index is 0.0982. The summed E-state index contributed by atoms with van der Waals surface area (Å²) in [5.74, 6) is 0.0982. The first-order chi connectivity index (χ1) is 11.1. The van der Waals surface area contributed by atoms with Gasteiger partial charge in [-0.2, -0.15) is 0 Å². The van der Waals surface area contributed by atoms with Crippen molar-refractivity contribution in [1.82, 2.24) is 4.57 Å². The van der Waals surface area contributed by atoms with Crippen LogP contribution in [0.1, 0.15) is 21.6 Å². The number of carbonyl (C=O) groups is 1. The summed E-state index contributed by atoms with van der Waals surface area (Å²) in [6, 6.07) is 17.5. The lowest BCUT2D eigenvalue weighted by molar-refractivity contribution is 0.0970. The van der Waals surface area contributed by atoms with Crippen molar-refractivity contribution in [1.29, 1.82) is 0 Å². The van der Waals surface area contributed by atoms with Gasteiger partial charge in [-0.1, -0.05) is 48.0 Å². The van der Waals surface area contributed by atoms with Crippen molar-refractivity contribution in [3.63, 3.8) is 0 Å². The van der Waals surface area contributed by atoms with E-state index in [1.54, 1.807) is 11.3 Å². The van der Waals surface area contributed by atoms with Crippen molar-refractivity contribution >= 4 is 22.8 Å². The molecule has 0 aliphatic carbocycles. The number of hydrogen-bond acceptors (Lipinski definition) is 3. The highest BCUT2D eigenvalue weighted by atomic mass is 32.1. The number of Topliss-reactive ketones (excluding diaryl/α,β-unsaturated/α-hetero) is 1. The van der Waals surface area contributed by atoms with E-state index in [1.165, 1.54) is 0 Å². The second kappa shape index (κ2) is 6.75. The zero-order valence-electron chi connectivity index (χ0n) is 13.2. The molecule has 1 aromatic heterocycles. The number of nitrogens with zero attached hydrogens (tertiary/aromatic N) is 2. The molecule has 0 N–H and O–H groups in total. The highest BCUT2D eigenvalue weighted by molar-refractivity contribution is 7.07. The highest BCUT2D eigenvalue weighted by Gasteiger charge is 2.10. The molecule has 116 valence electrons. The topological polar surface area (TPSA) is 34.4 Å². The van der Waals surface area contributed by atoms with Crippen molar-refractivity contribution in [2.75, 3.05) is 0 Å². The molecule has 0 fully saturated rings. The maximum absolute atomic E-state index is 12.5. The minimum Gasteiger partial charge on any atom is -0.313 e. The van der Waals surface area contributed by atoms with E-state index in [-0.39, 0.29) is 5.78 Å². The Bertz CT molecular complexity index is 874. The summed E-state index contributed by atoms with van der Waals surface area (Å²) < 4.78 is 1.97. The van der Waals surface area contributed by atoms with Crippen molar-refractivity contribution in [3.8, 4) is 0 Å². The largest absolute Gasteiger partial charge is 0.313 e. The Kier molecular flexibility index (Phi) is 4.53. The molecule has 0 radical (unpaired) electrons. The number of thiazole rings is 1. The minimum absolute atomic E-state index is 0.0982. The third kappa shape index (κ3) is 3.66. The first-order valence-corrected chi connectivity index (χ1v) is 8.36. The van der Waals surface area contributed by atoms with Crippen LogP contribution in [0.3, 0.4) is 0 Å². The summed E-state index contributed by atoms with van der Waals surface area (Å²) in [4.78, 5) is 18.0. The van der Waals surface area contributed by atoms with Crippen molar-refractivity contribution < 1.29 is 4.79 Å². The number of carbonyl (C=O) groups excluding carboxylic acids is 1. The molecule has 0 saturated heterocycles. The SMILES string of the molecule is Cc1ccc(C(=O)Cn2c(C)csc2=Nc2ccccc2)cc1. The Hall–Kier alpha value is -2.46. The van der Waals surface area contributed by atoms with Gasteiger partial charge in [0.1, 0.15) is 0 Å². The van der Waals surface area contributed by atoms with Crippen LogP contribution in [0.15, 0.2) is 65.0 Å². The van der Waals surface area contributed by atoms with Gasteiger partial charge < -0.3 is 4.57 Å². The van der Waals surface area contributed by atoms with Crippen molar-refractivity contribution in [3.05, 3.63) is 81.6 Å². The molecule has 0 amide bonds. The maximum atomic E-state index is 12.5. The number of hydrogen-bond donors (Lipinski definition) is 0. The summed E-state index contributed by atoms with van der Waals surface area (Å²) in [5, 5.41) is 2.03. The van der Waals surface area contributed by atoms with E-state index in [2.05, 4.69) is 4.99 Å². The molecule has 0 atom stereocenters. The molecule has 0 saturated carbocycles. The third-order valence-electron chi connectivity index (χ3n) is 3.65. The molecule has 1 heterocycles. The Labute approximate surface area is 139 Å². The summed E-state index contributed by atoms with van der Waals surface area (Å²) >= 11 is 1.55. The molecule has 3 rings (SSSR count). The zero-order valence-corrected chi connectivity index (χ0v) is 14.0. The van der Waals surface area contributed by atoms with Crippen LogP contribution in [-0.4, -0.2) is 10.4 Å². The molecule has 3 nitrogen and oxygen atoms in total. The van der Waals surface area contributed by atoms with Gasteiger partial charge in [0.2, 0.25) is 0 Å². The highest BCUT2D eigenvalue weighted by Crippen LogP contribution is 2.11. The Morgan fingerprint density at radius 1 is 1.04 bits per heavy atom. The quantitative estimate of drug-likeness (QED) is 0.660. The Balaban J connectivity index is 1.92. The number of aryl methyl sites for hydroxylation is 2. The molecule has 0 spiro atoms. The average molecular weight is 322 g/mol. The summed E-state index contributed by atoms with van der Waals surface area (Å²) in [6.45, 7) is 4.33. The van der Waals surface area contributed by atoms with Crippen LogP contribution >= 0.6 is 11.3 Å². The van der Waals surface area contributed by atoms with Gasteiger partial charge >= 0.3 is 0 Å². The molecule has 4 heteroatoms. The molecule has 2 aromatic carbocycles. The Morgan fingerprint density at radius 2 is 1.74 bits per heavy atom. The molecule has 0 unspecified atom stereocenters. The van der Waals surface area contributed by atoms with E-state index >= 15 is 0 Å². The molecular weight excluding hydrogens is 304 g/mol. The van der Waals surface area contributed by atoms with E-state index in [9.17, 15) is 4.79 Å². The van der Waals surface area contributed by atoms with Gasteiger partial charge in [0.05, 0.1) is 12.2 Å². The van der Waals surface area contributed by atoms with Gasteiger partial charge in [-0.05, 0) is 26.0 Å². The molecular formula is C19H18N2OS. The van der Waals surface area contributed by atoms with Crippen LogP contribution in [-0.2, 0) is 6.54 Å². The third-order valence-corrected chi connectivity index (χ3v) is 4.63. The second-order valence-electron chi connectivity index (χ2n) is 5.48. The smallest absolute Gasteiger partial charge is 0.190 e. The molecule has 0 aliphatic heterocycles. The van der Waals surface area contributed by atoms with Crippen molar-refractivity contribution in [2.45, 2.75) is 20.4 Å². The van der Waals surface area contributed by atoms with Gasteiger partial charge in [-0.3, -0.25) is 4.79 Å². The lowest BCUT2D eigenvalue weighted by Gasteiger charge is -2.06. The van der Waals surface area contributed by atoms with E-state index in [4.69, 9.17) is 0 Å². The number of ketones is 1. The van der Waals surface area contributed by atoms with Crippen molar-refractivity contribution in [2.24, 2.45) is 4.99 Å². The fourth-order valence-corrected chi connectivity index (χ4v) is 3.18. The number of para-hydroxylation sites is 1. The zero-order chi connectivity index (χ0) is 16.2. The van der Waals surface area contributed by atoms with Crippen LogP contribution in [0.2, 0.25) is 0 Å². The van der Waals surface area contributed by atoms with Gasteiger partial charge in [-0.25, -0.2) is 4.99 Å². The number of benzene rings is 2. The lowest BCUT2D eigenvalue weighted by atomic mass is 10.1. The molecule has 3 aromatic rings. The predicted octanol–water partition coefficient (Wildman–Crippen LogP) is 4.28. The van der Waals surface area contributed by atoms with Gasteiger partial charge in [0.25, 0.3) is 0 Å². The molecule has 0 aliphatic rings. The predicted molar refractivity (Wildman–Crippen MR) is 94.2 cm³/mol. The molecule has 0 bridgehead atoms. The summed E-state index contributed by atoms with van der Waals surface area (Å²) in [5.41, 5.74) is 3.83. The van der Waals surface area contributed by atoms with Gasteiger partial charge in [-0.15, -0.1) is 11.3 Å². The van der Waals surface area contributed by atoms with E-state index < -0.39 is 0 Å². The lowest BCUT2D eigenvalue weighted by Crippen LogP contribution is -2.21. The summed E-state index contributed by atoms with van der Waals surface area (Å²) in [7, 11) is 0. The first kappa shape index (κ1) is 15.4. The van der Waals surface area contributed by atoms with Gasteiger partial charge in [0, 0.05) is 16.6 Å². The fraction of sp³-hybridized carbons (Fsp3) is 0.158. The second-order valence-corrected chi connectivity index (χ2v) is 6.32. The number of aromatic nitrogens is 1. The average Bonchev–Trinajstić information content (AvgIpc) is 2.89. The maximum Gasteiger partial charge on any atom is 0.190 e. The van der Waals surface area contributed by atoms with E-state index in [0.717, 1.165) is 27.3 Å².